The van der Waals surface area contributed by atoms with Gasteiger partial charge in [0, 0.05) is 23.9 Å². The van der Waals surface area contributed by atoms with Gasteiger partial charge in [-0.3, -0.25) is 0 Å². The van der Waals surface area contributed by atoms with Gasteiger partial charge in [-0.15, -0.1) is 0 Å². The predicted octanol–water partition coefficient (Wildman–Crippen LogP) is 5.85. The van der Waals surface area contributed by atoms with E-state index in [1.165, 1.54) is 22.6 Å². The standard InChI is InChI=1S/C5H4F7I.C5H5F7O/c2*6-3(1-2-13,4(7,8)9)5(10,11)12/h1-2H2;13H,1-2H2. The molecule has 160 valence electrons. The maximum Gasteiger partial charge on any atom is 0.431 e. The molecule has 26 heavy (non-hydrogen) atoms. The molecule has 0 bridgehead atoms. The van der Waals surface area contributed by atoms with Gasteiger partial charge in [0.15, 0.2) is 0 Å². The molecule has 0 saturated carbocycles. The number of rotatable bonds is 4. The van der Waals surface area contributed by atoms with Gasteiger partial charge in [0.25, 0.3) is 5.67 Å². The van der Waals surface area contributed by atoms with E-state index in [1.807, 2.05) is 0 Å². The molecule has 0 amide bonds. The number of halogens is 15. The minimum absolute atomic E-state index is 0.562. The molecule has 0 aliphatic carbocycles. The first-order valence-corrected chi connectivity index (χ1v) is 7.46. The highest BCUT2D eigenvalue weighted by Gasteiger charge is 2.72. The molecule has 0 aromatic rings. The largest absolute Gasteiger partial charge is 0.431 e. The van der Waals surface area contributed by atoms with Gasteiger partial charge in [-0.25, -0.2) is 8.78 Å². The van der Waals surface area contributed by atoms with Gasteiger partial charge in [0.2, 0.25) is 0 Å². The van der Waals surface area contributed by atoms with Crippen molar-refractivity contribution in [2.45, 2.75) is 48.9 Å². The van der Waals surface area contributed by atoms with E-state index in [4.69, 9.17) is 5.11 Å². The zero-order chi connectivity index (χ0) is 21.8. The molecule has 0 heterocycles. The second-order valence-corrected chi connectivity index (χ2v) is 5.58. The van der Waals surface area contributed by atoms with Gasteiger partial charge in [0.05, 0.1) is 0 Å². The second kappa shape index (κ2) is 8.81. The zero-order valence-electron chi connectivity index (χ0n) is 11.9. The Morgan fingerprint density at radius 3 is 0.808 bits per heavy atom. The SMILES string of the molecule is FC(F)(F)C(F)(CCI)C(F)(F)F.OCCC(F)(C(F)(F)F)C(F)(F)F. The predicted molar refractivity (Wildman–Crippen MR) is 67.1 cm³/mol. The fourth-order valence-corrected chi connectivity index (χ4v) is 1.92. The third-order valence-electron chi connectivity index (χ3n) is 2.69. The molecule has 16 heteroatoms. The summed E-state index contributed by atoms with van der Waals surface area (Å²) in [6, 6.07) is 0. The quantitative estimate of drug-likeness (QED) is 0.271. The topological polar surface area (TPSA) is 20.2 Å². The van der Waals surface area contributed by atoms with E-state index < -0.39 is 59.9 Å². The van der Waals surface area contributed by atoms with Crippen molar-refractivity contribution in [1.29, 1.82) is 0 Å². The molecule has 0 saturated heterocycles. The van der Waals surface area contributed by atoms with Crippen molar-refractivity contribution in [2.75, 3.05) is 11.0 Å². The Labute approximate surface area is 149 Å². The maximum atomic E-state index is 12.6. The summed E-state index contributed by atoms with van der Waals surface area (Å²) in [5, 5.41) is 7.89. The zero-order valence-corrected chi connectivity index (χ0v) is 14.1. The molecule has 0 aromatic heterocycles. The smallest absolute Gasteiger partial charge is 0.396 e. The lowest BCUT2D eigenvalue weighted by atomic mass is 10.0. The van der Waals surface area contributed by atoms with Gasteiger partial charge in [0.1, 0.15) is 0 Å². The Morgan fingerprint density at radius 1 is 0.500 bits per heavy atom. The monoisotopic (exact) mass is 538 g/mol. The minimum atomic E-state index is -6.06. The molecule has 0 radical (unpaired) electrons. The molecule has 0 aromatic carbocycles. The Kier molecular flexibility index (Phi) is 9.46. The lowest BCUT2D eigenvalue weighted by Crippen LogP contribution is -2.53. The van der Waals surface area contributed by atoms with E-state index in [0.717, 1.165) is 0 Å². The van der Waals surface area contributed by atoms with Gasteiger partial charge in [-0.05, 0) is 0 Å². The lowest BCUT2D eigenvalue weighted by Gasteiger charge is -2.29. The molecule has 0 aliphatic rings. The molecule has 1 N–H and O–H groups in total. The van der Waals surface area contributed by atoms with Crippen molar-refractivity contribution in [1.82, 2.24) is 0 Å². The highest BCUT2D eigenvalue weighted by atomic mass is 127. The van der Waals surface area contributed by atoms with E-state index in [0.29, 0.717) is 0 Å². The summed E-state index contributed by atoms with van der Waals surface area (Å²) < 4.78 is 164. The molecule has 0 spiro atoms. The summed E-state index contributed by atoms with van der Waals surface area (Å²) >= 11 is 1.25. The van der Waals surface area contributed by atoms with Crippen LogP contribution in [-0.2, 0) is 0 Å². The second-order valence-electron chi connectivity index (χ2n) is 4.51. The van der Waals surface area contributed by atoms with Crippen LogP contribution in [0, 0.1) is 0 Å². The van der Waals surface area contributed by atoms with Crippen molar-refractivity contribution in [3.63, 3.8) is 0 Å². The minimum Gasteiger partial charge on any atom is -0.396 e. The van der Waals surface area contributed by atoms with Crippen LogP contribution in [0.4, 0.5) is 61.5 Å². The molecular formula is C10H9F14IO. The number of alkyl halides is 15. The van der Waals surface area contributed by atoms with Crippen molar-refractivity contribution in [3.05, 3.63) is 0 Å². The van der Waals surface area contributed by atoms with Crippen LogP contribution in [0.15, 0.2) is 0 Å². The average Bonchev–Trinajstić information content (AvgIpc) is 2.34. The molecular weight excluding hydrogens is 529 g/mol. The van der Waals surface area contributed by atoms with Crippen LogP contribution in [0.25, 0.3) is 0 Å². The van der Waals surface area contributed by atoms with E-state index in [2.05, 4.69) is 0 Å². The molecule has 0 aliphatic heterocycles. The highest BCUT2D eigenvalue weighted by Crippen LogP contribution is 2.49. The van der Waals surface area contributed by atoms with E-state index in [1.54, 1.807) is 0 Å². The van der Waals surface area contributed by atoms with E-state index >= 15 is 0 Å². The number of hydrogen-bond donors (Lipinski definition) is 1. The Hall–Kier alpha value is -0.290. The summed E-state index contributed by atoms with van der Waals surface area (Å²) in [6.45, 7) is -1.53. The Balaban J connectivity index is 0. The van der Waals surface area contributed by atoms with Crippen molar-refractivity contribution < 1.29 is 66.6 Å². The first-order valence-electron chi connectivity index (χ1n) is 5.94. The van der Waals surface area contributed by atoms with Crippen molar-refractivity contribution in [2.24, 2.45) is 0 Å². The fourth-order valence-electron chi connectivity index (χ4n) is 1.17. The Morgan fingerprint density at radius 2 is 0.731 bits per heavy atom. The number of hydrogen-bond acceptors (Lipinski definition) is 1. The van der Waals surface area contributed by atoms with Crippen LogP contribution in [0.2, 0.25) is 0 Å². The van der Waals surface area contributed by atoms with Crippen molar-refractivity contribution >= 4 is 22.6 Å². The summed E-state index contributed by atoms with van der Waals surface area (Å²) in [4.78, 5) is 0. The van der Waals surface area contributed by atoms with Crippen LogP contribution in [0.1, 0.15) is 12.8 Å². The van der Waals surface area contributed by atoms with Crippen LogP contribution in [-0.4, -0.2) is 52.2 Å². The molecule has 0 unspecified atom stereocenters. The van der Waals surface area contributed by atoms with E-state index in [9.17, 15) is 61.5 Å². The Bertz CT molecular complexity index is 351. The fraction of sp³-hybridized carbons (Fsp3) is 1.00. The van der Waals surface area contributed by atoms with E-state index in [-0.39, 0.29) is 0 Å². The third kappa shape index (κ3) is 6.40. The lowest BCUT2D eigenvalue weighted by molar-refractivity contribution is -0.344. The van der Waals surface area contributed by atoms with Crippen LogP contribution >= 0.6 is 22.6 Å². The summed E-state index contributed by atoms with van der Waals surface area (Å²) in [5.74, 6) is 0. The van der Waals surface area contributed by atoms with Crippen LogP contribution < -0.4 is 0 Å². The normalized spacial score (nSPS) is 14.8. The van der Waals surface area contributed by atoms with Crippen LogP contribution in [0.5, 0.6) is 0 Å². The maximum absolute atomic E-state index is 12.6. The van der Waals surface area contributed by atoms with Crippen LogP contribution in [0.3, 0.4) is 0 Å². The third-order valence-corrected chi connectivity index (χ3v) is 3.23. The van der Waals surface area contributed by atoms with Gasteiger partial charge >= 0.3 is 30.4 Å². The first kappa shape index (κ1) is 27.9. The summed E-state index contributed by atoms with van der Waals surface area (Å²) in [5.41, 5.74) is -10.4. The summed E-state index contributed by atoms with van der Waals surface area (Å²) in [7, 11) is 0. The first-order chi connectivity index (χ1) is 11.1. The van der Waals surface area contributed by atoms with Crippen molar-refractivity contribution in [3.8, 4) is 0 Å². The molecule has 0 rings (SSSR count). The number of aliphatic hydroxyl groups excluding tert-OH is 1. The molecule has 1 nitrogen and oxygen atoms in total. The number of aliphatic hydroxyl groups is 1. The van der Waals surface area contributed by atoms with Gasteiger partial charge in [-0.2, -0.15) is 52.7 Å². The summed E-state index contributed by atoms with van der Waals surface area (Å²) in [6.07, 6.45) is -27.6. The molecule has 0 fully saturated rings. The van der Waals surface area contributed by atoms with Gasteiger partial charge in [-0.1, -0.05) is 22.6 Å². The molecule has 0 atom stereocenters. The average molecular weight is 538 g/mol. The van der Waals surface area contributed by atoms with Gasteiger partial charge < -0.3 is 5.11 Å². The highest BCUT2D eigenvalue weighted by molar-refractivity contribution is 14.1.